The molecule has 26 heavy (non-hydrogen) atoms. The van der Waals surface area contributed by atoms with Gasteiger partial charge in [-0.1, -0.05) is 48.5 Å². The molecular formula is C21H21NO4. The highest BCUT2D eigenvalue weighted by molar-refractivity contribution is 6.15. The van der Waals surface area contributed by atoms with Crippen LogP contribution in [0.5, 0.6) is 5.75 Å². The Hall–Kier alpha value is -3.08. The molecule has 1 aliphatic rings. The van der Waals surface area contributed by atoms with Gasteiger partial charge in [0.1, 0.15) is 5.75 Å². The van der Waals surface area contributed by atoms with Crippen molar-refractivity contribution in [3.63, 3.8) is 0 Å². The molecule has 2 aromatic carbocycles. The summed E-state index contributed by atoms with van der Waals surface area (Å²) in [5.74, 6) is -0.672. The minimum absolute atomic E-state index is 0.0320. The normalized spacial score (nSPS) is 18.7. The van der Waals surface area contributed by atoms with Crippen molar-refractivity contribution in [1.82, 2.24) is 0 Å². The number of benzene rings is 2. The Labute approximate surface area is 152 Å². The molecular weight excluding hydrogens is 330 g/mol. The van der Waals surface area contributed by atoms with Crippen LogP contribution in [0, 0.1) is 0 Å². The first-order valence-corrected chi connectivity index (χ1v) is 8.54. The van der Waals surface area contributed by atoms with Gasteiger partial charge < -0.3 is 14.4 Å². The lowest BCUT2D eigenvalue weighted by molar-refractivity contribution is -0.167. The first-order valence-electron chi connectivity index (χ1n) is 8.54. The number of hydrogen-bond acceptors (Lipinski definition) is 4. The Morgan fingerprint density at radius 2 is 1.88 bits per heavy atom. The third-order valence-electron chi connectivity index (χ3n) is 4.25. The molecule has 1 heterocycles. The van der Waals surface area contributed by atoms with Gasteiger partial charge in [0.15, 0.2) is 0 Å². The van der Waals surface area contributed by atoms with Crippen LogP contribution in [0.4, 0.5) is 5.69 Å². The van der Waals surface area contributed by atoms with Crippen molar-refractivity contribution in [3.8, 4) is 5.75 Å². The van der Waals surface area contributed by atoms with Crippen molar-refractivity contribution < 1.29 is 19.1 Å². The molecule has 0 spiro atoms. The molecule has 1 amide bonds. The summed E-state index contributed by atoms with van der Waals surface area (Å²) in [6.07, 6.45) is 1.54. The number of amides is 1. The van der Waals surface area contributed by atoms with E-state index >= 15 is 0 Å². The van der Waals surface area contributed by atoms with Gasteiger partial charge in [-0.25, -0.2) is 4.79 Å². The van der Waals surface area contributed by atoms with Crippen LogP contribution in [-0.4, -0.2) is 24.1 Å². The van der Waals surface area contributed by atoms with Gasteiger partial charge in [-0.15, -0.1) is 6.58 Å². The summed E-state index contributed by atoms with van der Waals surface area (Å²) in [5, 5.41) is 0. The van der Waals surface area contributed by atoms with Gasteiger partial charge >= 0.3 is 5.97 Å². The van der Waals surface area contributed by atoms with Gasteiger partial charge in [0, 0.05) is 6.42 Å². The maximum Gasteiger partial charge on any atom is 0.360 e. The number of nitrogens with zero attached hydrogens (tertiary/aromatic N) is 1. The first-order chi connectivity index (χ1) is 12.6. The fraction of sp³-hybridized carbons (Fsp3) is 0.238. The van der Waals surface area contributed by atoms with Crippen LogP contribution in [-0.2, 0) is 20.9 Å². The van der Waals surface area contributed by atoms with Crippen molar-refractivity contribution in [2.45, 2.75) is 25.5 Å². The number of carbonyl (C=O) groups is 2. The topological polar surface area (TPSA) is 55.8 Å². The third-order valence-corrected chi connectivity index (χ3v) is 4.25. The van der Waals surface area contributed by atoms with Crippen molar-refractivity contribution >= 4 is 17.6 Å². The Balaban J connectivity index is 2.08. The van der Waals surface area contributed by atoms with Gasteiger partial charge in [-0.2, -0.15) is 0 Å². The van der Waals surface area contributed by atoms with E-state index in [-0.39, 0.29) is 13.0 Å². The number of anilines is 1. The monoisotopic (exact) mass is 351 g/mol. The second kappa shape index (κ2) is 7.44. The van der Waals surface area contributed by atoms with E-state index in [4.69, 9.17) is 9.47 Å². The molecule has 0 saturated carbocycles. The molecule has 0 aliphatic carbocycles. The number of para-hydroxylation sites is 2. The highest BCUT2D eigenvalue weighted by atomic mass is 16.6. The third kappa shape index (κ3) is 3.08. The summed E-state index contributed by atoms with van der Waals surface area (Å²) in [7, 11) is 0. The first kappa shape index (κ1) is 17.7. The summed E-state index contributed by atoms with van der Waals surface area (Å²) in [6, 6.07) is 16.8. The summed E-state index contributed by atoms with van der Waals surface area (Å²) in [4.78, 5) is 27.6. The maximum absolute atomic E-state index is 13.4. The summed E-state index contributed by atoms with van der Waals surface area (Å²) in [5.41, 5.74) is -0.166. The molecule has 5 heteroatoms. The molecule has 5 nitrogen and oxygen atoms in total. The number of fused-ring (bicyclic) bond motifs is 1. The fourth-order valence-corrected chi connectivity index (χ4v) is 3.04. The molecule has 3 rings (SSSR count). The molecule has 0 aromatic heterocycles. The summed E-state index contributed by atoms with van der Waals surface area (Å²) in [6.45, 7) is 5.87. The predicted molar refractivity (Wildman–Crippen MR) is 98.9 cm³/mol. The highest BCUT2D eigenvalue weighted by Gasteiger charge is 2.54. The molecule has 1 aliphatic heterocycles. The Morgan fingerprint density at radius 1 is 1.19 bits per heavy atom. The highest BCUT2D eigenvalue weighted by Crippen LogP contribution is 2.40. The maximum atomic E-state index is 13.4. The second-order valence-corrected chi connectivity index (χ2v) is 5.99. The number of ether oxygens (including phenoxy) is 2. The smallest absolute Gasteiger partial charge is 0.360 e. The number of carbonyl (C=O) groups excluding carboxylic acids is 2. The standard InChI is InChI=1S/C21H21NO4/c1-3-14-21(20(24)25-4-2)19(23)22(15-16-10-6-5-7-11-16)17-12-8-9-13-18(17)26-21/h3,5-13H,1,4,14-15H2,2H3. The molecule has 1 unspecified atom stereocenters. The van der Waals surface area contributed by atoms with Crippen molar-refractivity contribution in [1.29, 1.82) is 0 Å². The zero-order valence-electron chi connectivity index (χ0n) is 14.7. The van der Waals surface area contributed by atoms with E-state index in [0.29, 0.717) is 18.0 Å². The Bertz CT molecular complexity index is 818. The number of esters is 1. The van der Waals surface area contributed by atoms with Crippen LogP contribution in [0.3, 0.4) is 0 Å². The lowest BCUT2D eigenvalue weighted by Gasteiger charge is -2.40. The molecule has 0 fully saturated rings. The quantitative estimate of drug-likeness (QED) is 0.454. The number of hydrogen-bond donors (Lipinski definition) is 0. The second-order valence-electron chi connectivity index (χ2n) is 5.99. The summed E-state index contributed by atoms with van der Waals surface area (Å²) >= 11 is 0. The van der Waals surface area contributed by atoms with E-state index in [1.807, 2.05) is 36.4 Å². The Kier molecular flexibility index (Phi) is 5.07. The minimum Gasteiger partial charge on any atom is -0.463 e. The van der Waals surface area contributed by atoms with E-state index in [0.717, 1.165) is 5.56 Å². The van der Waals surface area contributed by atoms with Crippen LogP contribution in [0.15, 0.2) is 67.3 Å². The molecule has 0 bridgehead atoms. The molecule has 134 valence electrons. The van der Waals surface area contributed by atoms with Crippen LogP contribution < -0.4 is 9.64 Å². The fourth-order valence-electron chi connectivity index (χ4n) is 3.04. The average molecular weight is 351 g/mol. The zero-order chi connectivity index (χ0) is 18.6. The van der Waals surface area contributed by atoms with Gasteiger partial charge in [0.05, 0.1) is 18.8 Å². The van der Waals surface area contributed by atoms with Gasteiger partial charge in [-0.05, 0) is 24.6 Å². The van der Waals surface area contributed by atoms with E-state index in [1.165, 1.54) is 6.08 Å². The lowest BCUT2D eigenvalue weighted by atomic mass is 9.94. The van der Waals surface area contributed by atoms with Crippen molar-refractivity contribution in [2.75, 3.05) is 11.5 Å². The predicted octanol–water partition coefficient (Wildman–Crippen LogP) is 3.49. The molecule has 0 saturated heterocycles. The van der Waals surface area contributed by atoms with E-state index in [9.17, 15) is 9.59 Å². The van der Waals surface area contributed by atoms with Crippen molar-refractivity contribution in [3.05, 3.63) is 72.8 Å². The van der Waals surface area contributed by atoms with E-state index < -0.39 is 17.5 Å². The van der Waals surface area contributed by atoms with E-state index in [1.54, 1.807) is 30.0 Å². The van der Waals surface area contributed by atoms with E-state index in [2.05, 4.69) is 6.58 Å². The van der Waals surface area contributed by atoms with Crippen molar-refractivity contribution in [2.24, 2.45) is 0 Å². The van der Waals surface area contributed by atoms with Gasteiger partial charge in [-0.3, -0.25) is 4.79 Å². The van der Waals surface area contributed by atoms with Crippen LogP contribution in [0.25, 0.3) is 0 Å². The SMILES string of the molecule is C=CCC1(C(=O)OCC)Oc2ccccc2N(Cc2ccccc2)C1=O. The number of rotatable bonds is 6. The van der Waals surface area contributed by atoms with Crippen LogP contribution >= 0.6 is 0 Å². The molecule has 0 radical (unpaired) electrons. The lowest BCUT2D eigenvalue weighted by Crippen LogP contribution is -2.61. The molecule has 1 atom stereocenters. The summed E-state index contributed by atoms with van der Waals surface area (Å²) < 4.78 is 11.1. The Morgan fingerprint density at radius 3 is 2.58 bits per heavy atom. The largest absolute Gasteiger partial charge is 0.463 e. The van der Waals surface area contributed by atoms with Crippen LogP contribution in [0.2, 0.25) is 0 Å². The van der Waals surface area contributed by atoms with Gasteiger partial charge in [0.25, 0.3) is 11.5 Å². The average Bonchev–Trinajstić information content (AvgIpc) is 2.66. The minimum atomic E-state index is -1.75. The molecule has 0 N–H and O–H groups in total. The zero-order valence-corrected chi connectivity index (χ0v) is 14.7. The van der Waals surface area contributed by atoms with Gasteiger partial charge in [0.2, 0.25) is 0 Å². The molecule has 2 aromatic rings. The van der Waals surface area contributed by atoms with Crippen LogP contribution in [0.1, 0.15) is 18.9 Å².